The molecule has 2 rings (SSSR count). The van der Waals surface area contributed by atoms with Gasteiger partial charge >= 0.3 is 0 Å². The number of fused-ring (bicyclic) bond motifs is 1. The maximum atomic E-state index is 12.4. The number of benzene rings is 1. The molecule has 0 saturated heterocycles. The Kier molecular flexibility index (Phi) is 5.12. The Morgan fingerprint density at radius 2 is 2.33 bits per heavy atom. The van der Waals surface area contributed by atoms with E-state index >= 15 is 0 Å². The van der Waals surface area contributed by atoms with E-state index in [0.29, 0.717) is 24.5 Å². The maximum Gasteiger partial charge on any atom is 0.227 e. The molecule has 1 aliphatic rings. The minimum atomic E-state index is -0.375. The molecule has 1 amide bonds. The Morgan fingerprint density at radius 3 is 3.00 bits per heavy atom. The first-order valence-electron chi connectivity index (χ1n) is 7.31. The average molecular weight is 312 g/mol. The second kappa shape index (κ2) is 6.67. The van der Waals surface area contributed by atoms with Gasteiger partial charge in [-0.2, -0.15) is 0 Å². The molecule has 0 bridgehead atoms. The van der Waals surface area contributed by atoms with E-state index in [1.165, 1.54) is 0 Å². The highest BCUT2D eigenvalue weighted by molar-refractivity contribution is 6.30. The molecule has 2 unspecified atom stereocenters. The molecule has 116 valence electrons. The summed E-state index contributed by atoms with van der Waals surface area (Å²) in [5, 5.41) is 12.8. The van der Waals surface area contributed by atoms with Crippen molar-refractivity contribution in [2.24, 2.45) is 5.92 Å². The molecule has 0 aromatic heterocycles. The smallest absolute Gasteiger partial charge is 0.227 e. The number of carbonyl (C=O) groups excluding carboxylic acids is 1. The topological polar surface area (TPSA) is 58.6 Å². The lowest BCUT2D eigenvalue weighted by molar-refractivity contribution is -0.128. The zero-order chi connectivity index (χ0) is 15.5. The molecule has 0 spiro atoms. The summed E-state index contributed by atoms with van der Waals surface area (Å²) in [6, 6.07) is 5.48. The monoisotopic (exact) mass is 311 g/mol. The number of nitrogens with one attached hydrogen (secondary N) is 1. The van der Waals surface area contributed by atoms with Crippen molar-refractivity contribution in [3.05, 3.63) is 28.8 Å². The van der Waals surface area contributed by atoms with Crippen LogP contribution < -0.4 is 10.1 Å². The van der Waals surface area contributed by atoms with Crippen LogP contribution in [0.3, 0.4) is 0 Å². The standard InChI is InChI=1S/C16H22ClNO3/c1-3-16(2,6-7-19)18-15(20)12-8-11-9-13(17)4-5-14(11)21-10-12/h4-5,9,12,19H,3,6-8,10H2,1-2H3,(H,18,20). The van der Waals surface area contributed by atoms with Gasteiger partial charge in [-0.1, -0.05) is 18.5 Å². The number of amides is 1. The number of halogens is 1. The van der Waals surface area contributed by atoms with Crippen LogP contribution in [0, 0.1) is 5.92 Å². The van der Waals surface area contributed by atoms with Gasteiger partial charge in [-0.15, -0.1) is 0 Å². The van der Waals surface area contributed by atoms with Gasteiger partial charge in [0, 0.05) is 17.2 Å². The van der Waals surface area contributed by atoms with Crippen molar-refractivity contribution in [1.82, 2.24) is 5.32 Å². The van der Waals surface area contributed by atoms with Gasteiger partial charge in [0.2, 0.25) is 5.91 Å². The van der Waals surface area contributed by atoms with Crippen LogP contribution >= 0.6 is 11.6 Å². The number of hydrogen-bond donors (Lipinski definition) is 2. The lowest BCUT2D eigenvalue weighted by atomic mass is 9.91. The van der Waals surface area contributed by atoms with E-state index in [-0.39, 0.29) is 24.0 Å². The van der Waals surface area contributed by atoms with E-state index in [9.17, 15) is 4.79 Å². The molecule has 2 N–H and O–H groups in total. The predicted molar refractivity (Wildman–Crippen MR) is 82.7 cm³/mol. The number of aliphatic hydroxyl groups excluding tert-OH is 1. The summed E-state index contributed by atoms with van der Waals surface area (Å²) >= 11 is 5.99. The Morgan fingerprint density at radius 1 is 1.57 bits per heavy atom. The molecule has 5 heteroatoms. The summed E-state index contributed by atoms with van der Waals surface area (Å²) in [5.41, 5.74) is 0.592. The molecular weight excluding hydrogens is 290 g/mol. The van der Waals surface area contributed by atoms with Crippen LogP contribution in [0.2, 0.25) is 5.02 Å². The Balaban J connectivity index is 2.05. The summed E-state index contributed by atoms with van der Waals surface area (Å²) < 4.78 is 5.65. The minimum absolute atomic E-state index is 0.0292. The third-order valence-electron chi connectivity index (χ3n) is 4.17. The molecule has 0 aliphatic carbocycles. The van der Waals surface area contributed by atoms with Crippen molar-refractivity contribution < 1.29 is 14.6 Å². The zero-order valence-electron chi connectivity index (χ0n) is 12.5. The van der Waals surface area contributed by atoms with Crippen LogP contribution in [0.1, 0.15) is 32.3 Å². The predicted octanol–water partition coefficient (Wildman–Crippen LogP) is 2.56. The lowest BCUT2D eigenvalue weighted by Crippen LogP contribution is -2.50. The second-order valence-electron chi connectivity index (χ2n) is 5.84. The minimum Gasteiger partial charge on any atom is -0.492 e. The van der Waals surface area contributed by atoms with Crippen LogP contribution in [0.25, 0.3) is 0 Å². The third-order valence-corrected chi connectivity index (χ3v) is 4.40. The number of rotatable bonds is 5. The molecule has 1 aromatic rings. The highest BCUT2D eigenvalue weighted by Gasteiger charge is 2.31. The lowest BCUT2D eigenvalue weighted by Gasteiger charge is -2.32. The summed E-state index contributed by atoms with van der Waals surface area (Å²) in [5.74, 6) is 0.552. The first-order valence-corrected chi connectivity index (χ1v) is 7.69. The summed E-state index contributed by atoms with van der Waals surface area (Å²) in [7, 11) is 0. The van der Waals surface area contributed by atoms with Gasteiger partial charge in [-0.05, 0) is 49.9 Å². The normalized spacial score (nSPS) is 20.1. The van der Waals surface area contributed by atoms with Crippen molar-refractivity contribution >= 4 is 17.5 Å². The van der Waals surface area contributed by atoms with E-state index in [2.05, 4.69) is 5.32 Å². The van der Waals surface area contributed by atoms with E-state index in [0.717, 1.165) is 17.7 Å². The van der Waals surface area contributed by atoms with Crippen LogP contribution in [0.4, 0.5) is 0 Å². The molecule has 0 radical (unpaired) electrons. The molecular formula is C16H22ClNO3. The molecule has 2 atom stereocenters. The van der Waals surface area contributed by atoms with Crippen molar-refractivity contribution in [2.75, 3.05) is 13.2 Å². The fourth-order valence-electron chi connectivity index (χ4n) is 2.51. The van der Waals surface area contributed by atoms with Crippen LogP contribution in [-0.2, 0) is 11.2 Å². The third kappa shape index (κ3) is 3.89. The van der Waals surface area contributed by atoms with E-state index < -0.39 is 0 Å². The molecule has 1 aliphatic heterocycles. The highest BCUT2D eigenvalue weighted by Crippen LogP contribution is 2.30. The molecule has 1 aromatic carbocycles. The van der Waals surface area contributed by atoms with Crippen molar-refractivity contribution in [3.63, 3.8) is 0 Å². The SMILES string of the molecule is CCC(C)(CCO)NC(=O)C1COc2ccc(Cl)cc2C1. The van der Waals surface area contributed by atoms with Crippen molar-refractivity contribution in [3.8, 4) is 5.75 Å². The quantitative estimate of drug-likeness (QED) is 0.878. The van der Waals surface area contributed by atoms with E-state index in [4.69, 9.17) is 21.4 Å². The van der Waals surface area contributed by atoms with Gasteiger partial charge in [0.25, 0.3) is 0 Å². The summed E-state index contributed by atoms with van der Waals surface area (Å²) in [6.07, 6.45) is 1.95. The molecule has 0 fully saturated rings. The van der Waals surface area contributed by atoms with Gasteiger partial charge in [0.05, 0.1) is 5.92 Å². The largest absolute Gasteiger partial charge is 0.492 e. The van der Waals surface area contributed by atoms with Gasteiger partial charge < -0.3 is 15.2 Å². The maximum absolute atomic E-state index is 12.4. The second-order valence-corrected chi connectivity index (χ2v) is 6.28. The number of carbonyl (C=O) groups is 1. The number of aliphatic hydroxyl groups is 1. The van der Waals surface area contributed by atoms with E-state index in [1.54, 1.807) is 6.07 Å². The Labute approximate surface area is 130 Å². The molecule has 21 heavy (non-hydrogen) atoms. The van der Waals surface area contributed by atoms with Crippen LogP contribution in [0.15, 0.2) is 18.2 Å². The van der Waals surface area contributed by atoms with E-state index in [1.807, 2.05) is 26.0 Å². The number of hydrogen-bond acceptors (Lipinski definition) is 3. The van der Waals surface area contributed by atoms with Crippen LogP contribution in [0.5, 0.6) is 5.75 Å². The first kappa shape index (κ1) is 16.1. The van der Waals surface area contributed by atoms with Gasteiger partial charge in [-0.3, -0.25) is 4.79 Å². The van der Waals surface area contributed by atoms with Gasteiger partial charge in [-0.25, -0.2) is 0 Å². The van der Waals surface area contributed by atoms with Gasteiger partial charge in [0.15, 0.2) is 0 Å². The summed E-state index contributed by atoms with van der Waals surface area (Å²) in [4.78, 5) is 12.4. The Hall–Kier alpha value is -1.26. The fraction of sp³-hybridized carbons (Fsp3) is 0.562. The highest BCUT2D eigenvalue weighted by atomic mass is 35.5. The average Bonchev–Trinajstić information content (AvgIpc) is 2.46. The van der Waals surface area contributed by atoms with Crippen LogP contribution in [-0.4, -0.2) is 29.8 Å². The molecule has 4 nitrogen and oxygen atoms in total. The summed E-state index contributed by atoms with van der Waals surface area (Å²) in [6.45, 7) is 4.39. The Bertz CT molecular complexity index is 520. The molecule has 0 saturated carbocycles. The first-order chi connectivity index (χ1) is 9.97. The van der Waals surface area contributed by atoms with Crippen molar-refractivity contribution in [1.29, 1.82) is 0 Å². The van der Waals surface area contributed by atoms with Gasteiger partial charge in [0.1, 0.15) is 12.4 Å². The zero-order valence-corrected chi connectivity index (χ0v) is 13.2. The fourth-order valence-corrected chi connectivity index (χ4v) is 2.70. The number of ether oxygens (including phenoxy) is 1. The molecule has 1 heterocycles. The van der Waals surface area contributed by atoms with Crippen molar-refractivity contribution in [2.45, 2.75) is 38.6 Å².